The third-order valence-corrected chi connectivity index (χ3v) is 3.54. The fourth-order valence-corrected chi connectivity index (χ4v) is 2.63. The number of imide groups is 1. The van der Waals surface area contributed by atoms with E-state index in [0.29, 0.717) is 11.1 Å². The van der Waals surface area contributed by atoms with Crippen LogP contribution in [0.4, 0.5) is 5.69 Å². The van der Waals surface area contributed by atoms with Gasteiger partial charge in [-0.1, -0.05) is 18.2 Å². The SMILES string of the molecule is Cc1cc(C)cc(NCN2C(=O)c3ccccc3C2=O)c1. The van der Waals surface area contributed by atoms with Crippen LogP contribution in [-0.4, -0.2) is 23.4 Å². The van der Waals surface area contributed by atoms with Gasteiger partial charge in [0.15, 0.2) is 0 Å². The molecule has 1 heterocycles. The number of carbonyl (C=O) groups excluding carboxylic acids is 2. The molecule has 2 amide bonds. The van der Waals surface area contributed by atoms with E-state index in [4.69, 9.17) is 0 Å². The van der Waals surface area contributed by atoms with Crippen molar-refractivity contribution in [2.75, 3.05) is 12.0 Å². The minimum atomic E-state index is -0.243. The molecule has 0 radical (unpaired) electrons. The number of nitrogens with one attached hydrogen (secondary N) is 1. The van der Waals surface area contributed by atoms with E-state index in [-0.39, 0.29) is 18.5 Å². The van der Waals surface area contributed by atoms with Crippen LogP contribution in [0.5, 0.6) is 0 Å². The van der Waals surface area contributed by atoms with Gasteiger partial charge < -0.3 is 5.32 Å². The second kappa shape index (κ2) is 5.05. The molecule has 0 fully saturated rings. The molecule has 0 saturated carbocycles. The van der Waals surface area contributed by atoms with Gasteiger partial charge in [0.05, 0.1) is 17.8 Å². The van der Waals surface area contributed by atoms with Crippen molar-refractivity contribution in [1.29, 1.82) is 0 Å². The molecule has 0 spiro atoms. The molecule has 1 N–H and O–H groups in total. The van der Waals surface area contributed by atoms with Crippen molar-refractivity contribution >= 4 is 17.5 Å². The summed E-state index contributed by atoms with van der Waals surface area (Å²) < 4.78 is 0. The maximum Gasteiger partial charge on any atom is 0.263 e. The van der Waals surface area contributed by atoms with Crippen molar-refractivity contribution in [3.8, 4) is 0 Å². The summed E-state index contributed by atoms with van der Waals surface area (Å²) >= 11 is 0. The maximum absolute atomic E-state index is 12.2. The monoisotopic (exact) mass is 280 g/mol. The highest BCUT2D eigenvalue weighted by Crippen LogP contribution is 2.22. The van der Waals surface area contributed by atoms with Crippen LogP contribution in [0.25, 0.3) is 0 Å². The number of amides is 2. The first-order chi connectivity index (χ1) is 10.1. The number of rotatable bonds is 3. The number of anilines is 1. The Morgan fingerprint density at radius 1 is 0.905 bits per heavy atom. The molecule has 4 nitrogen and oxygen atoms in total. The summed E-state index contributed by atoms with van der Waals surface area (Å²) in [6, 6.07) is 13.0. The lowest BCUT2D eigenvalue weighted by Crippen LogP contribution is -2.34. The van der Waals surface area contributed by atoms with Crippen molar-refractivity contribution in [2.24, 2.45) is 0 Å². The summed E-state index contributed by atoms with van der Waals surface area (Å²) in [7, 11) is 0. The van der Waals surface area contributed by atoms with Crippen LogP contribution < -0.4 is 5.32 Å². The standard InChI is InChI=1S/C17H16N2O2/c1-11-7-12(2)9-13(8-11)18-10-19-16(20)14-5-3-4-6-15(14)17(19)21/h3-9,18H,10H2,1-2H3. The molecular formula is C17H16N2O2. The predicted octanol–water partition coefficient (Wildman–Crippen LogP) is 2.97. The molecule has 21 heavy (non-hydrogen) atoms. The topological polar surface area (TPSA) is 49.4 Å². The zero-order valence-electron chi connectivity index (χ0n) is 12.0. The minimum absolute atomic E-state index is 0.176. The van der Waals surface area contributed by atoms with E-state index in [9.17, 15) is 9.59 Å². The Balaban J connectivity index is 1.78. The van der Waals surface area contributed by atoms with E-state index in [1.165, 1.54) is 4.90 Å². The van der Waals surface area contributed by atoms with Crippen molar-refractivity contribution in [1.82, 2.24) is 4.90 Å². The lowest BCUT2D eigenvalue weighted by atomic mass is 10.1. The van der Waals surface area contributed by atoms with Gasteiger partial charge in [-0.15, -0.1) is 0 Å². The number of aryl methyl sites for hydroxylation is 2. The fourth-order valence-electron chi connectivity index (χ4n) is 2.63. The Morgan fingerprint density at radius 3 is 1.95 bits per heavy atom. The predicted molar refractivity (Wildman–Crippen MR) is 81.3 cm³/mol. The molecule has 0 saturated heterocycles. The molecule has 1 aliphatic heterocycles. The third kappa shape index (κ3) is 2.40. The Morgan fingerprint density at radius 2 is 1.43 bits per heavy atom. The van der Waals surface area contributed by atoms with Crippen LogP contribution in [0.1, 0.15) is 31.8 Å². The largest absolute Gasteiger partial charge is 0.367 e. The number of carbonyl (C=O) groups is 2. The molecule has 0 aliphatic carbocycles. The van der Waals surface area contributed by atoms with Gasteiger partial charge in [0.1, 0.15) is 0 Å². The summed E-state index contributed by atoms with van der Waals surface area (Å²) in [6.07, 6.45) is 0. The Bertz CT molecular complexity index is 682. The van der Waals surface area contributed by atoms with Crippen molar-refractivity contribution in [2.45, 2.75) is 13.8 Å². The number of benzene rings is 2. The zero-order valence-corrected chi connectivity index (χ0v) is 12.0. The Kier molecular flexibility index (Phi) is 3.22. The molecule has 2 aromatic carbocycles. The summed E-state index contributed by atoms with van der Waals surface area (Å²) in [5, 5.41) is 3.15. The van der Waals surface area contributed by atoms with Gasteiger partial charge in [0, 0.05) is 5.69 Å². The van der Waals surface area contributed by atoms with Gasteiger partial charge >= 0.3 is 0 Å². The summed E-state index contributed by atoms with van der Waals surface area (Å²) in [5.41, 5.74) is 4.14. The molecule has 0 aromatic heterocycles. The lowest BCUT2D eigenvalue weighted by Gasteiger charge is -2.16. The number of hydrogen-bond acceptors (Lipinski definition) is 3. The van der Waals surface area contributed by atoms with E-state index in [2.05, 4.69) is 11.4 Å². The second-order valence-corrected chi connectivity index (χ2v) is 5.30. The highest BCUT2D eigenvalue weighted by atomic mass is 16.2. The van der Waals surface area contributed by atoms with Gasteiger partial charge in [0.25, 0.3) is 11.8 Å². The highest BCUT2D eigenvalue weighted by Gasteiger charge is 2.34. The average molecular weight is 280 g/mol. The number of fused-ring (bicyclic) bond motifs is 1. The summed E-state index contributed by atoms with van der Waals surface area (Å²) in [4.78, 5) is 25.7. The smallest absolute Gasteiger partial charge is 0.263 e. The Labute approximate surface area is 123 Å². The van der Waals surface area contributed by atoms with Crippen LogP contribution in [0.2, 0.25) is 0 Å². The summed E-state index contributed by atoms with van der Waals surface area (Å²) in [6.45, 7) is 4.20. The molecular weight excluding hydrogens is 264 g/mol. The third-order valence-electron chi connectivity index (χ3n) is 3.54. The van der Waals surface area contributed by atoms with E-state index in [1.807, 2.05) is 26.0 Å². The maximum atomic E-state index is 12.2. The minimum Gasteiger partial charge on any atom is -0.367 e. The average Bonchev–Trinajstić information content (AvgIpc) is 2.69. The van der Waals surface area contributed by atoms with Gasteiger partial charge in [-0.3, -0.25) is 14.5 Å². The number of nitrogens with zero attached hydrogens (tertiary/aromatic N) is 1. The molecule has 3 rings (SSSR count). The molecule has 0 unspecified atom stereocenters. The van der Waals surface area contributed by atoms with Crippen LogP contribution in [0.15, 0.2) is 42.5 Å². The van der Waals surface area contributed by atoms with Gasteiger partial charge in [-0.2, -0.15) is 0 Å². The normalized spacial score (nSPS) is 13.5. The van der Waals surface area contributed by atoms with Crippen molar-refractivity contribution < 1.29 is 9.59 Å². The first kappa shape index (κ1) is 13.4. The van der Waals surface area contributed by atoms with Crippen LogP contribution >= 0.6 is 0 Å². The van der Waals surface area contributed by atoms with Gasteiger partial charge in [-0.05, 0) is 49.2 Å². The zero-order chi connectivity index (χ0) is 15.0. The lowest BCUT2D eigenvalue weighted by molar-refractivity contribution is 0.0666. The first-order valence-electron chi connectivity index (χ1n) is 6.83. The van der Waals surface area contributed by atoms with Crippen LogP contribution in [-0.2, 0) is 0 Å². The molecule has 4 heteroatoms. The molecule has 106 valence electrons. The first-order valence-corrected chi connectivity index (χ1v) is 6.83. The van der Waals surface area contributed by atoms with Crippen molar-refractivity contribution in [3.63, 3.8) is 0 Å². The molecule has 1 aliphatic rings. The molecule has 0 bridgehead atoms. The molecule has 0 atom stereocenters. The van der Waals surface area contributed by atoms with Gasteiger partial charge in [-0.25, -0.2) is 0 Å². The van der Waals surface area contributed by atoms with E-state index in [1.54, 1.807) is 24.3 Å². The highest BCUT2D eigenvalue weighted by molar-refractivity contribution is 6.21. The fraction of sp³-hybridized carbons (Fsp3) is 0.176. The number of hydrogen-bond donors (Lipinski definition) is 1. The second-order valence-electron chi connectivity index (χ2n) is 5.30. The van der Waals surface area contributed by atoms with E-state index < -0.39 is 0 Å². The van der Waals surface area contributed by atoms with E-state index in [0.717, 1.165) is 16.8 Å². The molecule has 2 aromatic rings. The van der Waals surface area contributed by atoms with Crippen molar-refractivity contribution in [3.05, 3.63) is 64.7 Å². The summed E-state index contributed by atoms with van der Waals surface area (Å²) in [5.74, 6) is -0.486. The quantitative estimate of drug-likeness (QED) is 0.879. The van der Waals surface area contributed by atoms with E-state index >= 15 is 0 Å². The van der Waals surface area contributed by atoms with Crippen LogP contribution in [0.3, 0.4) is 0 Å². The van der Waals surface area contributed by atoms with Crippen LogP contribution in [0, 0.1) is 13.8 Å². The Hall–Kier alpha value is -2.62. The van der Waals surface area contributed by atoms with Gasteiger partial charge in [0.2, 0.25) is 0 Å².